The molecule has 0 spiro atoms. The van der Waals surface area contributed by atoms with Crippen molar-refractivity contribution in [1.29, 1.82) is 0 Å². The van der Waals surface area contributed by atoms with Crippen molar-refractivity contribution in [3.8, 4) is 0 Å². The van der Waals surface area contributed by atoms with Crippen LogP contribution in [0.4, 0.5) is 11.5 Å². The maximum absolute atomic E-state index is 8.43. The number of fused-ring (bicyclic) bond motifs is 1. The second kappa shape index (κ2) is 7.96. The van der Waals surface area contributed by atoms with Gasteiger partial charge in [-0.15, -0.1) is 11.3 Å². The van der Waals surface area contributed by atoms with E-state index in [1.54, 1.807) is 11.3 Å². The highest BCUT2D eigenvalue weighted by atomic mass is 32.1. The number of aryl methyl sites for hydroxylation is 3. The lowest BCUT2D eigenvalue weighted by molar-refractivity contribution is 0.855. The highest BCUT2D eigenvalue weighted by Crippen LogP contribution is 2.28. The Morgan fingerprint density at radius 3 is 2.76 bits per heavy atom. The van der Waals surface area contributed by atoms with Gasteiger partial charge in [-0.1, -0.05) is 36.3 Å². The van der Waals surface area contributed by atoms with E-state index < -0.39 is 0 Å². The minimum atomic E-state index is 0.646. The molecule has 2 heterocycles. The molecular formula is C18H20N6S. The lowest BCUT2D eigenvalue weighted by Gasteiger charge is -2.08. The quantitative estimate of drug-likeness (QED) is 0.262. The van der Waals surface area contributed by atoms with E-state index in [0.717, 1.165) is 47.7 Å². The van der Waals surface area contributed by atoms with Crippen molar-refractivity contribution in [2.75, 3.05) is 11.9 Å². The van der Waals surface area contributed by atoms with Gasteiger partial charge in [0.15, 0.2) is 0 Å². The molecule has 0 saturated carbocycles. The van der Waals surface area contributed by atoms with Gasteiger partial charge in [0, 0.05) is 28.4 Å². The van der Waals surface area contributed by atoms with Crippen molar-refractivity contribution in [3.05, 3.63) is 57.0 Å². The topological polar surface area (TPSA) is 86.6 Å². The zero-order chi connectivity index (χ0) is 17.6. The first-order valence-corrected chi connectivity index (χ1v) is 9.16. The summed E-state index contributed by atoms with van der Waals surface area (Å²) in [6, 6.07) is 9.85. The lowest BCUT2D eigenvalue weighted by atomic mass is 10.1. The summed E-state index contributed by atoms with van der Waals surface area (Å²) in [5.74, 6) is 1.82. The summed E-state index contributed by atoms with van der Waals surface area (Å²) in [6.45, 7) is 5.02. The van der Waals surface area contributed by atoms with Crippen molar-refractivity contribution >= 4 is 33.1 Å². The fourth-order valence-electron chi connectivity index (χ4n) is 2.66. The SMILES string of the molecule is CCc1nc(NCCCc2ccc(N=[N+]=[N-])cc2)c2cc(C)sc2n1. The van der Waals surface area contributed by atoms with Gasteiger partial charge in [0.2, 0.25) is 0 Å². The molecular weight excluding hydrogens is 332 g/mol. The molecule has 1 N–H and O–H groups in total. The van der Waals surface area contributed by atoms with E-state index >= 15 is 0 Å². The van der Waals surface area contributed by atoms with Crippen LogP contribution in [0.2, 0.25) is 0 Å². The number of nitrogens with zero attached hydrogens (tertiary/aromatic N) is 5. The molecule has 0 radical (unpaired) electrons. The molecule has 0 aliphatic rings. The highest BCUT2D eigenvalue weighted by molar-refractivity contribution is 7.18. The van der Waals surface area contributed by atoms with E-state index in [2.05, 4.69) is 45.2 Å². The van der Waals surface area contributed by atoms with Gasteiger partial charge in [0.05, 0.1) is 5.39 Å². The van der Waals surface area contributed by atoms with E-state index in [0.29, 0.717) is 5.69 Å². The summed E-state index contributed by atoms with van der Waals surface area (Å²) >= 11 is 1.71. The Hall–Kier alpha value is -2.63. The fraction of sp³-hybridized carbons (Fsp3) is 0.333. The van der Waals surface area contributed by atoms with Crippen molar-refractivity contribution in [2.24, 2.45) is 5.11 Å². The number of aromatic nitrogens is 2. The summed E-state index contributed by atoms with van der Waals surface area (Å²) in [4.78, 5) is 14.4. The molecule has 0 amide bonds. The lowest BCUT2D eigenvalue weighted by Crippen LogP contribution is -2.07. The summed E-state index contributed by atoms with van der Waals surface area (Å²) in [5.41, 5.74) is 10.3. The number of anilines is 1. The van der Waals surface area contributed by atoms with Crippen LogP contribution in [-0.2, 0) is 12.8 Å². The van der Waals surface area contributed by atoms with Crippen LogP contribution in [0.1, 0.15) is 29.6 Å². The van der Waals surface area contributed by atoms with Gasteiger partial charge in [-0.05, 0) is 36.9 Å². The molecule has 0 aliphatic heterocycles. The molecule has 3 rings (SSSR count). The molecule has 0 atom stereocenters. The Kier molecular flexibility index (Phi) is 5.48. The molecule has 0 aliphatic carbocycles. The zero-order valence-electron chi connectivity index (χ0n) is 14.4. The number of hydrogen-bond acceptors (Lipinski definition) is 5. The van der Waals surface area contributed by atoms with E-state index in [1.165, 1.54) is 10.4 Å². The predicted molar refractivity (Wildman–Crippen MR) is 104 cm³/mol. The number of rotatable bonds is 7. The fourth-order valence-corrected chi connectivity index (χ4v) is 3.56. The number of thiophene rings is 1. The molecule has 3 aromatic rings. The maximum atomic E-state index is 8.43. The normalized spacial score (nSPS) is 10.6. The summed E-state index contributed by atoms with van der Waals surface area (Å²) in [7, 11) is 0. The smallest absolute Gasteiger partial charge is 0.138 e. The van der Waals surface area contributed by atoms with Gasteiger partial charge in [0.1, 0.15) is 16.5 Å². The average Bonchev–Trinajstić information content (AvgIpc) is 3.00. The van der Waals surface area contributed by atoms with E-state index in [-0.39, 0.29) is 0 Å². The minimum absolute atomic E-state index is 0.646. The third kappa shape index (κ3) is 4.26. The predicted octanol–water partition coefficient (Wildman–Crippen LogP) is 5.55. The molecule has 2 aromatic heterocycles. The van der Waals surface area contributed by atoms with Crippen LogP contribution in [0, 0.1) is 6.92 Å². The standard InChI is InChI=1S/C18H20N6S/c1-3-16-21-17(15-11-12(2)25-18(15)22-16)20-10-4-5-13-6-8-14(9-7-13)23-24-19/h6-9,11H,3-5,10H2,1-2H3,(H,20,21,22). The third-order valence-corrected chi connectivity index (χ3v) is 4.85. The first-order valence-electron chi connectivity index (χ1n) is 8.34. The van der Waals surface area contributed by atoms with E-state index in [9.17, 15) is 0 Å². The van der Waals surface area contributed by atoms with Crippen LogP contribution in [0.25, 0.3) is 20.7 Å². The number of azide groups is 1. The summed E-state index contributed by atoms with van der Waals surface area (Å²) in [6.07, 6.45) is 2.79. The second-order valence-electron chi connectivity index (χ2n) is 5.80. The second-order valence-corrected chi connectivity index (χ2v) is 7.04. The molecule has 6 nitrogen and oxygen atoms in total. The van der Waals surface area contributed by atoms with Crippen LogP contribution in [0.5, 0.6) is 0 Å². The van der Waals surface area contributed by atoms with Gasteiger partial charge in [-0.2, -0.15) is 0 Å². The van der Waals surface area contributed by atoms with Crippen molar-refractivity contribution in [1.82, 2.24) is 9.97 Å². The van der Waals surface area contributed by atoms with Crippen molar-refractivity contribution in [3.63, 3.8) is 0 Å². The molecule has 1 aromatic carbocycles. The van der Waals surface area contributed by atoms with Crippen LogP contribution >= 0.6 is 11.3 Å². The average molecular weight is 352 g/mol. The largest absolute Gasteiger partial charge is 0.369 e. The number of nitrogens with one attached hydrogen (secondary N) is 1. The maximum Gasteiger partial charge on any atom is 0.138 e. The molecule has 25 heavy (non-hydrogen) atoms. The van der Waals surface area contributed by atoms with Crippen LogP contribution < -0.4 is 5.32 Å². The first-order chi connectivity index (χ1) is 12.2. The van der Waals surface area contributed by atoms with Gasteiger partial charge < -0.3 is 5.32 Å². The van der Waals surface area contributed by atoms with Crippen molar-refractivity contribution in [2.45, 2.75) is 33.1 Å². The van der Waals surface area contributed by atoms with Gasteiger partial charge in [0.25, 0.3) is 0 Å². The third-order valence-electron chi connectivity index (χ3n) is 3.91. The zero-order valence-corrected chi connectivity index (χ0v) is 15.2. The number of hydrogen-bond donors (Lipinski definition) is 1. The van der Waals surface area contributed by atoms with Crippen LogP contribution in [0.15, 0.2) is 35.4 Å². The Balaban J connectivity index is 1.62. The Bertz CT molecular complexity index is 909. The molecule has 0 unspecified atom stereocenters. The number of benzene rings is 1. The van der Waals surface area contributed by atoms with E-state index in [1.807, 2.05) is 24.3 Å². The molecule has 7 heteroatoms. The highest BCUT2D eigenvalue weighted by Gasteiger charge is 2.09. The minimum Gasteiger partial charge on any atom is -0.369 e. The van der Waals surface area contributed by atoms with Crippen LogP contribution in [0.3, 0.4) is 0 Å². The molecule has 0 fully saturated rings. The van der Waals surface area contributed by atoms with Gasteiger partial charge in [-0.3, -0.25) is 0 Å². The Morgan fingerprint density at radius 2 is 2.04 bits per heavy atom. The molecule has 0 saturated heterocycles. The Morgan fingerprint density at radius 1 is 1.24 bits per heavy atom. The van der Waals surface area contributed by atoms with Crippen LogP contribution in [-0.4, -0.2) is 16.5 Å². The first kappa shape index (κ1) is 17.2. The van der Waals surface area contributed by atoms with Gasteiger partial charge >= 0.3 is 0 Å². The van der Waals surface area contributed by atoms with Gasteiger partial charge in [-0.25, -0.2) is 9.97 Å². The summed E-state index contributed by atoms with van der Waals surface area (Å²) < 4.78 is 0. The Labute approximate surface area is 150 Å². The molecule has 128 valence electrons. The summed E-state index contributed by atoms with van der Waals surface area (Å²) in [5, 5.41) is 8.16. The van der Waals surface area contributed by atoms with E-state index in [4.69, 9.17) is 5.53 Å². The monoisotopic (exact) mass is 352 g/mol. The van der Waals surface area contributed by atoms with Crippen molar-refractivity contribution < 1.29 is 0 Å². The molecule has 0 bridgehead atoms.